The topological polar surface area (TPSA) is 53.6 Å². The third-order valence-corrected chi connectivity index (χ3v) is 3.36. The Balaban J connectivity index is 1.86. The Bertz CT molecular complexity index is 419. The highest BCUT2D eigenvalue weighted by molar-refractivity contribution is 5.92. The Hall–Kier alpha value is -1.59. The minimum absolute atomic E-state index is 0.0268. The molecule has 1 heterocycles. The summed E-state index contributed by atoms with van der Waals surface area (Å²) >= 11 is 0. The maximum atomic E-state index is 12.0. The van der Waals surface area contributed by atoms with Crippen molar-refractivity contribution in [3.05, 3.63) is 24.3 Å². The molecule has 0 aromatic heterocycles. The zero-order valence-corrected chi connectivity index (χ0v) is 11.5. The number of carbonyl (C=O) groups is 1. The van der Waals surface area contributed by atoms with Crippen molar-refractivity contribution < 1.29 is 9.53 Å². The lowest BCUT2D eigenvalue weighted by Gasteiger charge is -2.33. The summed E-state index contributed by atoms with van der Waals surface area (Å²) in [6.07, 6.45) is 0. The number of hydrogen-bond acceptors (Lipinski definition) is 4. The first-order chi connectivity index (χ1) is 9.19. The highest BCUT2D eigenvalue weighted by atomic mass is 16.5. The quantitative estimate of drug-likeness (QED) is 0.848. The van der Waals surface area contributed by atoms with Crippen molar-refractivity contribution >= 4 is 11.6 Å². The highest BCUT2D eigenvalue weighted by Crippen LogP contribution is 2.15. The summed E-state index contributed by atoms with van der Waals surface area (Å²) in [6, 6.07) is 7.76. The molecule has 1 aliphatic heterocycles. The van der Waals surface area contributed by atoms with Crippen LogP contribution in [0.15, 0.2) is 24.3 Å². The second-order valence-electron chi connectivity index (χ2n) is 4.80. The van der Waals surface area contributed by atoms with Gasteiger partial charge < -0.3 is 15.4 Å². The van der Waals surface area contributed by atoms with Crippen molar-refractivity contribution in [3.8, 4) is 5.75 Å². The zero-order chi connectivity index (χ0) is 13.7. The second-order valence-corrected chi connectivity index (χ2v) is 4.80. The fraction of sp³-hybridized carbons (Fsp3) is 0.500. The number of nitrogens with one attached hydrogen (secondary N) is 2. The number of amides is 1. The lowest BCUT2D eigenvalue weighted by atomic mass is 10.2. The number of ether oxygens (including phenoxy) is 1. The lowest BCUT2D eigenvalue weighted by Crippen LogP contribution is -2.51. The number of hydrogen-bond donors (Lipinski definition) is 2. The van der Waals surface area contributed by atoms with E-state index in [1.807, 2.05) is 24.3 Å². The summed E-state index contributed by atoms with van der Waals surface area (Å²) in [5, 5.41) is 6.22. The van der Waals surface area contributed by atoms with E-state index in [1.165, 1.54) is 0 Å². The van der Waals surface area contributed by atoms with Gasteiger partial charge in [0, 0.05) is 31.4 Å². The Morgan fingerprint density at radius 2 is 2.21 bits per heavy atom. The normalized spacial score (nSPS) is 20.0. The van der Waals surface area contributed by atoms with E-state index in [1.54, 1.807) is 7.11 Å². The number of carbonyl (C=O) groups excluding carboxylic acids is 1. The number of anilines is 1. The molecule has 1 atom stereocenters. The molecule has 1 aromatic rings. The molecule has 19 heavy (non-hydrogen) atoms. The van der Waals surface area contributed by atoms with E-state index >= 15 is 0 Å². The minimum Gasteiger partial charge on any atom is -0.497 e. The molecular weight excluding hydrogens is 242 g/mol. The Morgan fingerprint density at radius 1 is 1.47 bits per heavy atom. The van der Waals surface area contributed by atoms with Gasteiger partial charge in [-0.15, -0.1) is 0 Å². The molecule has 2 rings (SSSR count). The molecule has 0 spiro atoms. The predicted molar refractivity (Wildman–Crippen MR) is 75.5 cm³/mol. The summed E-state index contributed by atoms with van der Waals surface area (Å²) in [6.45, 7) is 5.37. The van der Waals surface area contributed by atoms with E-state index in [0.717, 1.165) is 31.1 Å². The van der Waals surface area contributed by atoms with Crippen LogP contribution in [0.3, 0.4) is 0 Å². The predicted octanol–water partition coefficient (Wildman–Crippen LogP) is 0.927. The molecule has 1 aromatic carbocycles. The van der Waals surface area contributed by atoms with Crippen LogP contribution in [0, 0.1) is 0 Å². The summed E-state index contributed by atoms with van der Waals surface area (Å²) in [4.78, 5) is 14.2. The van der Waals surface area contributed by atoms with Gasteiger partial charge in [-0.05, 0) is 31.2 Å². The van der Waals surface area contributed by atoms with Gasteiger partial charge in [0.25, 0.3) is 0 Å². The first kappa shape index (κ1) is 13.8. The average molecular weight is 263 g/mol. The van der Waals surface area contributed by atoms with Gasteiger partial charge in [-0.3, -0.25) is 9.69 Å². The summed E-state index contributed by atoms with van der Waals surface area (Å²) < 4.78 is 5.08. The van der Waals surface area contributed by atoms with Crippen LogP contribution < -0.4 is 15.4 Å². The molecule has 0 bridgehead atoms. The van der Waals surface area contributed by atoms with E-state index in [2.05, 4.69) is 22.5 Å². The Labute approximate surface area is 113 Å². The van der Waals surface area contributed by atoms with Crippen LogP contribution in [0.4, 0.5) is 5.69 Å². The monoisotopic (exact) mass is 263 g/mol. The molecule has 0 saturated carbocycles. The number of nitrogens with zero attached hydrogens (tertiary/aromatic N) is 1. The molecule has 104 valence electrons. The standard InChI is InChI=1S/C14H21N3O2/c1-11-9-15-7-8-17(11)10-14(18)16-12-3-5-13(19-2)6-4-12/h3-6,11,15H,7-10H2,1-2H3,(H,16,18)/t11-/m1/s1. The van der Waals surface area contributed by atoms with Crippen LogP contribution in [-0.2, 0) is 4.79 Å². The molecule has 5 nitrogen and oxygen atoms in total. The first-order valence-electron chi connectivity index (χ1n) is 6.57. The van der Waals surface area contributed by atoms with Gasteiger partial charge in [0.05, 0.1) is 13.7 Å². The SMILES string of the molecule is COc1ccc(NC(=O)CN2CCNC[C@H]2C)cc1. The highest BCUT2D eigenvalue weighted by Gasteiger charge is 2.20. The Morgan fingerprint density at radius 3 is 2.84 bits per heavy atom. The molecule has 1 fully saturated rings. The van der Waals surface area contributed by atoms with E-state index in [-0.39, 0.29) is 5.91 Å². The molecule has 0 radical (unpaired) electrons. The van der Waals surface area contributed by atoms with Crippen molar-refractivity contribution in [2.24, 2.45) is 0 Å². The molecule has 5 heteroatoms. The first-order valence-corrected chi connectivity index (χ1v) is 6.57. The second kappa shape index (κ2) is 6.54. The van der Waals surface area contributed by atoms with Crippen molar-refractivity contribution in [3.63, 3.8) is 0 Å². The largest absolute Gasteiger partial charge is 0.497 e. The minimum atomic E-state index is 0.0268. The van der Waals surface area contributed by atoms with E-state index < -0.39 is 0 Å². The van der Waals surface area contributed by atoms with Crippen molar-refractivity contribution in [2.45, 2.75) is 13.0 Å². The number of rotatable bonds is 4. The molecule has 1 aliphatic rings. The van der Waals surface area contributed by atoms with E-state index in [9.17, 15) is 4.79 Å². The lowest BCUT2D eigenvalue weighted by molar-refractivity contribution is -0.118. The van der Waals surface area contributed by atoms with Gasteiger partial charge in [-0.25, -0.2) is 0 Å². The van der Waals surface area contributed by atoms with E-state index in [0.29, 0.717) is 12.6 Å². The maximum absolute atomic E-state index is 12.0. The van der Waals surface area contributed by atoms with Crippen LogP contribution >= 0.6 is 0 Å². The average Bonchev–Trinajstić information content (AvgIpc) is 2.42. The third kappa shape index (κ3) is 3.94. The number of benzene rings is 1. The fourth-order valence-electron chi connectivity index (χ4n) is 2.18. The van der Waals surface area contributed by atoms with E-state index in [4.69, 9.17) is 4.74 Å². The van der Waals surface area contributed by atoms with Crippen molar-refractivity contribution in [1.29, 1.82) is 0 Å². The smallest absolute Gasteiger partial charge is 0.238 e. The fourth-order valence-corrected chi connectivity index (χ4v) is 2.18. The van der Waals surface area contributed by atoms with Gasteiger partial charge in [-0.1, -0.05) is 0 Å². The molecule has 1 saturated heterocycles. The van der Waals surface area contributed by atoms with Crippen LogP contribution in [0.1, 0.15) is 6.92 Å². The third-order valence-electron chi connectivity index (χ3n) is 3.36. The van der Waals surface area contributed by atoms with Gasteiger partial charge in [-0.2, -0.15) is 0 Å². The van der Waals surface area contributed by atoms with Crippen LogP contribution in [0.2, 0.25) is 0 Å². The van der Waals surface area contributed by atoms with Crippen LogP contribution in [0.25, 0.3) is 0 Å². The Kier molecular flexibility index (Phi) is 4.76. The molecule has 1 amide bonds. The number of piperazine rings is 1. The summed E-state index contributed by atoms with van der Waals surface area (Å²) in [7, 11) is 1.62. The molecular formula is C14H21N3O2. The summed E-state index contributed by atoms with van der Waals surface area (Å²) in [5.74, 6) is 0.813. The molecule has 0 aliphatic carbocycles. The maximum Gasteiger partial charge on any atom is 0.238 e. The number of methoxy groups -OCH3 is 1. The summed E-state index contributed by atoms with van der Waals surface area (Å²) in [5.41, 5.74) is 0.800. The van der Waals surface area contributed by atoms with Crippen LogP contribution in [-0.4, -0.2) is 50.1 Å². The van der Waals surface area contributed by atoms with Gasteiger partial charge in [0.15, 0.2) is 0 Å². The van der Waals surface area contributed by atoms with Gasteiger partial charge in [0.2, 0.25) is 5.91 Å². The zero-order valence-electron chi connectivity index (χ0n) is 11.5. The van der Waals surface area contributed by atoms with Gasteiger partial charge in [0.1, 0.15) is 5.75 Å². The van der Waals surface area contributed by atoms with Crippen LogP contribution in [0.5, 0.6) is 5.75 Å². The molecule has 2 N–H and O–H groups in total. The van der Waals surface area contributed by atoms with Crippen molar-refractivity contribution in [2.75, 3.05) is 38.6 Å². The molecule has 0 unspecified atom stereocenters. The van der Waals surface area contributed by atoms with Crippen molar-refractivity contribution in [1.82, 2.24) is 10.2 Å². The van der Waals surface area contributed by atoms with Gasteiger partial charge >= 0.3 is 0 Å².